The molecule has 0 radical (unpaired) electrons. The van der Waals surface area contributed by atoms with Crippen molar-refractivity contribution in [3.8, 4) is 11.5 Å². The Labute approximate surface area is 201 Å². The first-order valence-electron chi connectivity index (χ1n) is 10.2. The zero-order chi connectivity index (χ0) is 22.1. The number of nitrogens with one attached hydrogen (secondary N) is 2. The topological polar surface area (TPSA) is 92.0 Å². The van der Waals surface area contributed by atoms with Gasteiger partial charge >= 0.3 is 6.09 Å². The van der Waals surface area contributed by atoms with Gasteiger partial charge in [-0.15, -0.1) is 24.0 Å². The number of aryl methyl sites for hydroxylation is 1. The molecule has 31 heavy (non-hydrogen) atoms. The zero-order valence-corrected chi connectivity index (χ0v) is 21.5. The number of ether oxygens (including phenoxy) is 1. The molecule has 1 heterocycles. The summed E-state index contributed by atoms with van der Waals surface area (Å²) >= 11 is 0. The molecular formula is C22H34IN5O3. The summed E-state index contributed by atoms with van der Waals surface area (Å²) < 4.78 is 10.9. The molecule has 2 aromatic rings. The maximum atomic E-state index is 12.0. The number of halogens is 1. The van der Waals surface area contributed by atoms with Crippen LogP contribution >= 0.6 is 24.0 Å². The van der Waals surface area contributed by atoms with E-state index in [9.17, 15) is 4.79 Å². The molecule has 9 heteroatoms. The molecule has 0 aliphatic heterocycles. The summed E-state index contributed by atoms with van der Waals surface area (Å²) in [5.41, 5.74) is 2.36. The van der Waals surface area contributed by atoms with Crippen molar-refractivity contribution in [1.29, 1.82) is 0 Å². The molecule has 8 nitrogen and oxygen atoms in total. The van der Waals surface area contributed by atoms with E-state index in [4.69, 9.17) is 9.15 Å². The SMILES string of the molecule is CCNC(=NCc1coc(-c2ccc(C)cc2)n1)NCCN(C)C(=O)OC(C)(C)C.I. The van der Waals surface area contributed by atoms with Gasteiger partial charge in [0.25, 0.3) is 0 Å². The summed E-state index contributed by atoms with van der Waals surface area (Å²) in [6.45, 7) is 11.7. The summed E-state index contributed by atoms with van der Waals surface area (Å²) in [5, 5.41) is 6.40. The molecule has 0 saturated carbocycles. The monoisotopic (exact) mass is 543 g/mol. The van der Waals surface area contributed by atoms with Crippen molar-refractivity contribution in [3.63, 3.8) is 0 Å². The number of rotatable bonds is 7. The highest BCUT2D eigenvalue weighted by Crippen LogP contribution is 2.19. The van der Waals surface area contributed by atoms with Gasteiger partial charge in [0.2, 0.25) is 5.89 Å². The van der Waals surface area contributed by atoms with Crippen LogP contribution in [0, 0.1) is 6.92 Å². The minimum absolute atomic E-state index is 0. The third-order valence-electron chi connectivity index (χ3n) is 4.04. The van der Waals surface area contributed by atoms with Crippen LogP contribution in [0.4, 0.5) is 4.79 Å². The van der Waals surface area contributed by atoms with Gasteiger partial charge in [0.15, 0.2) is 5.96 Å². The molecule has 1 aromatic heterocycles. The fourth-order valence-corrected chi connectivity index (χ4v) is 2.48. The highest BCUT2D eigenvalue weighted by atomic mass is 127. The predicted molar refractivity (Wildman–Crippen MR) is 134 cm³/mol. The number of carbonyl (C=O) groups excluding carboxylic acids is 1. The molecule has 0 fully saturated rings. The van der Waals surface area contributed by atoms with Crippen LogP contribution in [0.3, 0.4) is 0 Å². The van der Waals surface area contributed by atoms with E-state index in [1.165, 1.54) is 10.5 Å². The van der Waals surface area contributed by atoms with Gasteiger partial charge in [-0.1, -0.05) is 17.7 Å². The van der Waals surface area contributed by atoms with Crippen LogP contribution in [0.2, 0.25) is 0 Å². The lowest BCUT2D eigenvalue weighted by Crippen LogP contribution is -2.43. The van der Waals surface area contributed by atoms with E-state index in [1.54, 1.807) is 13.3 Å². The van der Waals surface area contributed by atoms with Gasteiger partial charge < -0.3 is 24.7 Å². The van der Waals surface area contributed by atoms with Crippen molar-refractivity contribution in [2.45, 2.75) is 46.8 Å². The number of hydrogen-bond acceptors (Lipinski definition) is 5. The second-order valence-electron chi connectivity index (χ2n) is 8.03. The van der Waals surface area contributed by atoms with E-state index in [0.29, 0.717) is 31.5 Å². The lowest BCUT2D eigenvalue weighted by atomic mass is 10.1. The molecule has 0 aliphatic carbocycles. The van der Waals surface area contributed by atoms with E-state index in [1.807, 2.05) is 58.9 Å². The fourth-order valence-electron chi connectivity index (χ4n) is 2.48. The molecule has 0 spiro atoms. The van der Waals surface area contributed by atoms with E-state index >= 15 is 0 Å². The molecule has 2 N–H and O–H groups in total. The van der Waals surface area contributed by atoms with Crippen LogP contribution in [0.25, 0.3) is 11.5 Å². The fraction of sp³-hybridized carbons (Fsp3) is 0.500. The van der Waals surface area contributed by atoms with Gasteiger partial charge in [0.1, 0.15) is 17.6 Å². The average Bonchev–Trinajstić information content (AvgIpc) is 3.14. The van der Waals surface area contributed by atoms with Crippen LogP contribution in [0.5, 0.6) is 0 Å². The molecule has 1 aromatic carbocycles. The van der Waals surface area contributed by atoms with Gasteiger partial charge in [-0.25, -0.2) is 14.8 Å². The summed E-state index contributed by atoms with van der Waals surface area (Å²) in [4.78, 5) is 22.6. The molecule has 0 aliphatic rings. The predicted octanol–water partition coefficient (Wildman–Crippen LogP) is 4.19. The van der Waals surface area contributed by atoms with Crippen LogP contribution in [-0.4, -0.2) is 54.2 Å². The quantitative estimate of drug-likeness (QED) is 0.309. The first-order chi connectivity index (χ1) is 14.2. The van der Waals surface area contributed by atoms with E-state index in [-0.39, 0.29) is 30.1 Å². The Bertz CT molecular complexity index is 844. The largest absolute Gasteiger partial charge is 0.444 e. The second kappa shape index (κ2) is 12.5. The maximum absolute atomic E-state index is 12.0. The van der Waals surface area contributed by atoms with Crippen LogP contribution in [-0.2, 0) is 11.3 Å². The molecule has 0 saturated heterocycles. The number of nitrogens with zero attached hydrogens (tertiary/aromatic N) is 3. The Morgan fingerprint density at radius 1 is 1.23 bits per heavy atom. The van der Waals surface area contributed by atoms with E-state index < -0.39 is 5.60 Å². The summed E-state index contributed by atoms with van der Waals surface area (Å²) in [5.74, 6) is 1.23. The van der Waals surface area contributed by atoms with Gasteiger partial charge in [-0.3, -0.25) is 0 Å². The number of hydrogen-bond donors (Lipinski definition) is 2. The molecule has 172 valence electrons. The number of likely N-dealkylation sites (N-methyl/N-ethyl adjacent to an activating group) is 1. The number of oxazole rings is 1. The van der Waals surface area contributed by atoms with Crippen molar-refractivity contribution in [2.24, 2.45) is 4.99 Å². The first-order valence-corrected chi connectivity index (χ1v) is 10.2. The Hall–Kier alpha value is -2.30. The van der Waals surface area contributed by atoms with Crippen molar-refractivity contribution in [1.82, 2.24) is 20.5 Å². The highest BCUT2D eigenvalue weighted by Gasteiger charge is 2.19. The van der Waals surface area contributed by atoms with Gasteiger partial charge in [0, 0.05) is 32.2 Å². The van der Waals surface area contributed by atoms with E-state index in [0.717, 1.165) is 17.8 Å². The molecule has 2 rings (SSSR count). The Kier molecular flexibility index (Phi) is 10.8. The average molecular weight is 543 g/mol. The third-order valence-corrected chi connectivity index (χ3v) is 4.04. The summed E-state index contributed by atoms with van der Waals surface area (Å²) in [6.07, 6.45) is 1.27. The summed E-state index contributed by atoms with van der Waals surface area (Å²) in [7, 11) is 1.71. The lowest BCUT2D eigenvalue weighted by molar-refractivity contribution is 0.0302. The van der Waals surface area contributed by atoms with Crippen LogP contribution < -0.4 is 10.6 Å². The Morgan fingerprint density at radius 2 is 1.90 bits per heavy atom. The van der Waals surface area contributed by atoms with Gasteiger partial charge in [-0.2, -0.15) is 0 Å². The van der Waals surface area contributed by atoms with Crippen LogP contribution in [0.15, 0.2) is 39.9 Å². The van der Waals surface area contributed by atoms with Crippen LogP contribution in [0.1, 0.15) is 39.0 Å². The normalized spacial score (nSPS) is 11.5. The molecular weight excluding hydrogens is 509 g/mol. The minimum atomic E-state index is -0.510. The van der Waals surface area contributed by atoms with Crippen molar-refractivity contribution >= 4 is 36.0 Å². The number of aromatic nitrogens is 1. The van der Waals surface area contributed by atoms with Crippen molar-refractivity contribution < 1.29 is 13.9 Å². The highest BCUT2D eigenvalue weighted by molar-refractivity contribution is 14.0. The minimum Gasteiger partial charge on any atom is -0.444 e. The number of aliphatic imine (C=N–C) groups is 1. The smallest absolute Gasteiger partial charge is 0.410 e. The zero-order valence-electron chi connectivity index (χ0n) is 19.2. The molecule has 1 amide bonds. The van der Waals surface area contributed by atoms with Gasteiger partial charge in [0.05, 0.1) is 6.54 Å². The first kappa shape index (κ1) is 26.7. The standard InChI is InChI=1S/C22H33N5O3.HI/c1-7-23-20(24-12-13-27(6)21(28)30-22(3,4)5)25-14-18-15-29-19(26-18)17-10-8-16(2)9-11-17;/h8-11,15H,7,12-14H2,1-6H3,(H2,23,24,25);1H. The van der Waals surface area contributed by atoms with Crippen molar-refractivity contribution in [3.05, 3.63) is 41.8 Å². The Balaban J connectivity index is 0.00000480. The number of benzene rings is 1. The number of carbonyl (C=O) groups is 1. The number of amides is 1. The maximum Gasteiger partial charge on any atom is 0.410 e. The Morgan fingerprint density at radius 3 is 2.52 bits per heavy atom. The third kappa shape index (κ3) is 9.58. The molecule has 0 unspecified atom stereocenters. The lowest BCUT2D eigenvalue weighted by Gasteiger charge is -2.24. The molecule has 0 bridgehead atoms. The van der Waals surface area contributed by atoms with Crippen molar-refractivity contribution in [2.75, 3.05) is 26.7 Å². The molecule has 0 atom stereocenters. The van der Waals surface area contributed by atoms with Gasteiger partial charge in [-0.05, 0) is 46.8 Å². The van der Waals surface area contributed by atoms with E-state index in [2.05, 4.69) is 20.6 Å². The summed E-state index contributed by atoms with van der Waals surface area (Å²) in [6, 6.07) is 8.03. The second-order valence-corrected chi connectivity index (χ2v) is 8.03. The number of guanidine groups is 1.